The molecule has 0 saturated carbocycles. The van der Waals surface area contributed by atoms with Crippen LogP contribution in [0.5, 0.6) is 0 Å². The van der Waals surface area contributed by atoms with E-state index in [-0.39, 0.29) is 0 Å². The fourth-order valence-electron chi connectivity index (χ4n) is 1.88. The highest BCUT2D eigenvalue weighted by Gasteiger charge is 2.17. The molecule has 0 aromatic carbocycles. The molecule has 0 amide bonds. The molecule has 0 fully saturated rings. The van der Waals surface area contributed by atoms with E-state index in [0.29, 0.717) is 13.2 Å². The molecule has 0 N–H and O–H groups in total. The van der Waals surface area contributed by atoms with Crippen LogP contribution in [0.4, 0.5) is 9.59 Å². The number of ether oxygens (including phenoxy) is 2. The zero-order valence-corrected chi connectivity index (χ0v) is 15.3. The molecule has 0 aliphatic rings. The van der Waals surface area contributed by atoms with Crippen molar-refractivity contribution in [2.75, 3.05) is 13.2 Å². The number of halogens is 1. The third kappa shape index (κ3) is 8.53. The van der Waals surface area contributed by atoms with Crippen molar-refractivity contribution in [3.63, 3.8) is 0 Å². The summed E-state index contributed by atoms with van der Waals surface area (Å²) in [6.45, 7) is 4.19. The highest BCUT2D eigenvalue weighted by molar-refractivity contribution is 5.63. The van der Waals surface area contributed by atoms with Gasteiger partial charge in [0.1, 0.15) is 0 Å². The third-order valence-corrected chi connectivity index (χ3v) is 2.95. The van der Waals surface area contributed by atoms with Crippen molar-refractivity contribution in [1.82, 2.24) is 0 Å². The summed E-state index contributed by atoms with van der Waals surface area (Å²) in [5.74, 6) is 0. The molecular formula is C16H18ClN2O8+. The SMILES string of the molecule is CCOC(=O)[n+]1ccc(-c2cc[n+](C(=O)OCC)cc2)cc1.[O-][Cl+3]([O-])([O-])[O-]. The Balaban J connectivity index is 0.000000646. The van der Waals surface area contributed by atoms with Gasteiger partial charge in [-0.25, -0.2) is 18.6 Å². The van der Waals surface area contributed by atoms with Crippen LogP contribution < -0.4 is 27.8 Å². The summed E-state index contributed by atoms with van der Waals surface area (Å²) in [6.07, 6.45) is 5.73. The smallest absolute Gasteiger partial charge is 0.412 e. The van der Waals surface area contributed by atoms with Gasteiger partial charge in [0.25, 0.3) is 0 Å². The average Bonchev–Trinajstić information content (AvgIpc) is 2.61. The van der Waals surface area contributed by atoms with Gasteiger partial charge in [-0.15, -0.1) is 10.2 Å². The molecule has 2 heterocycles. The molecule has 0 spiro atoms. The van der Waals surface area contributed by atoms with Crippen LogP contribution in [0.1, 0.15) is 13.8 Å². The first-order valence-electron chi connectivity index (χ1n) is 7.64. The summed E-state index contributed by atoms with van der Waals surface area (Å²) in [6, 6.07) is 7.23. The van der Waals surface area contributed by atoms with E-state index in [0.717, 1.165) is 11.1 Å². The molecule has 0 atom stereocenters. The Morgan fingerprint density at radius 1 is 0.778 bits per heavy atom. The van der Waals surface area contributed by atoms with Gasteiger partial charge in [0.05, 0.1) is 13.2 Å². The summed E-state index contributed by atoms with van der Waals surface area (Å²) in [5.41, 5.74) is 1.85. The van der Waals surface area contributed by atoms with E-state index >= 15 is 0 Å². The number of carbonyl (C=O) groups excluding carboxylic acids is 2. The molecule has 0 aliphatic carbocycles. The standard InChI is InChI=1S/C16H18N2O4.ClHO4/c1-3-21-15(19)17-9-5-13(6-10-17)14-7-11-18(12-8-14)16(20)22-4-2;2-1(3,4)5/h5-12H,3-4H2,1-2H3;(H,2,3,4,5)/q+2;/p-1. The Kier molecular flexibility index (Phi) is 8.72. The van der Waals surface area contributed by atoms with E-state index in [2.05, 4.69) is 0 Å². The minimum Gasteiger partial charge on any atom is -0.412 e. The number of rotatable bonds is 3. The normalized spacial score (nSPS) is 10.4. The molecule has 0 saturated heterocycles. The van der Waals surface area contributed by atoms with E-state index in [1.807, 2.05) is 0 Å². The number of hydrogen-bond donors (Lipinski definition) is 0. The first-order chi connectivity index (χ1) is 12.7. The molecule has 0 aliphatic heterocycles. The Hall–Kier alpha value is -2.63. The van der Waals surface area contributed by atoms with Gasteiger partial charge in [-0.05, 0) is 25.0 Å². The van der Waals surface area contributed by atoms with Crippen molar-refractivity contribution in [1.29, 1.82) is 0 Å². The van der Waals surface area contributed by atoms with Crippen LogP contribution in [0.3, 0.4) is 0 Å². The highest BCUT2D eigenvalue weighted by atomic mass is 35.7. The second kappa shape index (κ2) is 10.5. The fourth-order valence-corrected chi connectivity index (χ4v) is 1.88. The fraction of sp³-hybridized carbons (Fsp3) is 0.250. The van der Waals surface area contributed by atoms with E-state index in [4.69, 9.17) is 28.1 Å². The molecule has 0 unspecified atom stereocenters. The van der Waals surface area contributed by atoms with Crippen LogP contribution in [0, 0.1) is 10.2 Å². The lowest BCUT2D eigenvalue weighted by Crippen LogP contribution is -2.68. The molecular weight excluding hydrogens is 384 g/mol. The Morgan fingerprint density at radius 3 is 1.26 bits per heavy atom. The Labute approximate surface area is 157 Å². The molecule has 2 aromatic heterocycles. The molecule has 27 heavy (non-hydrogen) atoms. The Bertz CT molecular complexity index is 679. The van der Waals surface area contributed by atoms with Crippen molar-refractivity contribution in [2.45, 2.75) is 13.8 Å². The maximum Gasteiger partial charge on any atom is 0.601 e. The maximum atomic E-state index is 11.6. The first-order valence-corrected chi connectivity index (χ1v) is 8.88. The summed E-state index contributed by atoms with van der Waals surface area (Å²) >= 11 is 0. The van der Waals surface area contributed by atoms with Crippen LogP contribution >= 0.6 is 0 Å². The summed E-state index contributed by atoms with van der Waals surface area (Å²) < 4.78 is 46.5. The lowest BCUT2D eigenvalue weighted by Gasteiger charge is -2.17. The zero-order chi connectivity index (χ0) is 20.4. The van der Waals surface area contributed by atoms with Crippen LogP contribution in [0.15, 0.2) is 49.1 Å². The van der Waals surface area contributed by atoms with Gasteiger partial charge in [-0.3, -0.25) is 0 Å². The number of aromatic nitrogens is 2. The van der Waals surface area contributed by atoms with E-state index < -0.39 is 22.4 Å². The predicted octanol–water partition coefficient (Wildman–Crippen LogP) is -2.82. The average molecular weight is 402 g/mol. The van der Waals surface area contributed by atoms with Gasteiger partial charge in [-0.2, -0.15) is 9.59 Å². The van der Waals surface area contributed by atoms with Crippen LogP contribution in [0.2, 0.25) is 0 Å². The topological polar surface area (TPSA) is 153 Å². The Morgan fingerprint density at radius 2 is 1.04 bits per heavy atom. The van der Waals surface area contributed by atoms with Gasteiger partial charge in [0.2, 0.25) is 0 Å². The van der Waals surface area contributed by atoms with Crippen LogP contribution in [-0.4, -0.2) is 25.4 Å². The van der Waals surface area contributed by atoms with Crippen molar-refractivity contribution < 1.29 is 57.1 Å². The maximum absolute atomic E-state index is 11.6. The number of hydrogen-bond acceptors (Lipinski definition) is 8. The van der Waals surface area contributed by atoms with Gasteiger partial charge < -0.3 is 9.47 Å². The van der Waals surface area contributed by atoms with Crippen molar-refractivity contribution >= 4 is 12.2 Å². The molecule has 10 nitrogen and oxygen atoms in total. The lowest BCUT2D eigenvalue weighted by molar-refractivity contribution is -2.00. The second-order valence-electron chi connectivity index (χ2n) is 4.76. The molecule has 0 radical (unpaired) electrons. The van der Waals surface area contributed by atoms with Crippen molar-refractivity contribution in [3.05, 3.63) is 49.1 Å². The number of nitrogens with zero attached hydrogens (tertiary/aromatic N) is 2. The van der Waals surface area contributed by atoms with Gasteiger partial charge in [-0.1, -0.05) is 9.13 Å². The minimum atomic E-state index is -4.94. The van der Waals surface area contributed by atoms with Crippen molar-refractivity contribution in [2.24, 2.45) is 0 Å². The zero-order valence-electron chi connectivity index (χ0n) is 14.6. The van der Waals surface area contributed by atoms with Crippen LogP contribution in [-0.2, 0) is 9.47 Å². The minimum absolute atomic E-state index is 0.333. The predicted molar refractivity (Wildman–Crippen MR) is 77.1 cm³/mol. The van der Waals surface area contributed by atoms with Gasteiger partial charge in [0, 0.05) is 24.3 Å². The van der Waals surface area contributed by atoms with E-state index in [1.165, 1.54) is 9.13 Å². The third-order valence-electron chi connectivity index (χ3n) is 2.95. The molecule has 146 valence electrons. The molecule has 11 heteroatoms. The molecule has 2 rings (SSSR count). The first kappa shape index (κ1) is 22.4. The van der Waals surface area contributed by atoms with Gasteiger partial charge >= 0.3 is 12.2 Å². The highest BCUT2D eigenvalue weighted by Crippen LogP contribution is 2.15. The van der Waals surface area contributed by atoms with Gasteiger partial charge in [0.15, 0.2) is 24.8 Å². The quantitative estimate of drug-likeness (QED) is 0.499. The number of pyridine rings is 2. The largest absolute Gasteiger partial charge is 0.601 e. The summed E-state index contributed by atoms with van der Waals surface area (Å²) in [4.78, 5) is 23.1. The second-order valence-corrected chi connectivity index (χ2v) is 5.52. The monoisotopic (exact) mass is 401 g/mol. The summed E-state index contributed by atoms with van der Waals surface area (Å²) in [7, 11) is -4.94. The molecule has 2 aromatic rings. The lowest BCUT2D eigenvalue weighted by atomic mass is 10.1. The summed E-state index contributed by atoms with van der Waals surface area (Å²) in [5, 5.41) is 0. The molecule has 0 bridgehead atoms. The van der Waals surface area contributed by atoms with E-state index in [1.54, 1.807) is 62.9 Å². The van der Waals surface area contributed by atoms with E-state index in [9.17, 15) is 9.59 Å². The van der Waals surface area contributed by atoms with Crippen molar-refractivity contribution in [3.8, 4) is 11.1 Å². The number of carbonyl (C=O) groups is 2. The van der Waals surface area contributed by atoms with Crippen LogP contribution in [0.25, 0.3) is 11.1 Å².